The highest BCUT2D eigenvalue weighted by molar-refractivity contribution is 6.87. The summed E-state index contributed by atoms with van der Waals surface area (Å²) in [4.78, 5) is 0. The van der Waals surface area contributed by atoms with E-state index in [9.17, 15) is 0 Å². The highest BCUT2D eigenvalue weighted by Gasteiger charge is 2.06. The van der Waals surface area contributed by atoms with Gasteiger partial charge in [0.25, 0.3) is 0 Å². The average molecular weight is 308 g/mol. The molecule has 0 radical (unpaired) electrons. The van der Waals surface area contributed by atoms with Crippen molar-refractivity contribution in [1.29, 1.82) is 0 Å². The minimum atomic E-state index is -1.65. The van der Waals surface area contributed by atoms with Gasteiger partial charge >= 0.3 is 0 Å². The number of rotatable bonds is 1. The maximum absolute atomic E-state index is 3.44. The van der Waals surface area contributed by atoms with Crippen LogP contribution in [0.1, 0.15) is 11.1 Å². The summed E-state index contributed by atoms with van der Waals surface area (Å²) in [6, 6.07) is 30.6. The van der Waals surface area contributed by atoms with Crippen LogP contribution in [0.5, 0.6) is 0 Å². The fraction of sp³-hybridized carbons (Fsp3) is 0. The van der Waals surface area contributed by atoms with Crippen LogP contribution in [0.3, 0.4) is 0 Å². The first-order valence-corrected chi connectivity index (χ1v) is 9.33. The van der Waals surface area contributed by atoms with Crippen LogP contribution in [0.2, 0.25) is 0 Å². The summed E-state index contributed by atoms with van der Waals surface area (Å²) >= 11 is 0. The van der Waals surface area contributed by atoms with Gasteiger partial charge < -0.3 is 0 Å². The Labute approximate surface area is 139 Å². The SMILES string of the molecule is C(#C[SiH](C#Cc1ccccc1)c1ccccc1)c1ccccc1. The molecular formula is C22H16Si. The lowest BCUT2D eigenvalue weighted by Crippen LogP contribution is -2.27. The molecule has 1 heteroatoms. The molecule has 0 fully saturated rings. The van der Waals surface area contributed by atoms with E-state index in [1.807, 2.05) is 66.7 Å². The van der Waals surface area contributed by atoms with E-state index in [0.29, 0.717) is 0 Å². The number of hydrogen-bond donors (Lipinski definition) is 0. The molecule has 0 aromatic heterocycles. The van der Waals surface area contributed by atoms with Crippen molar-refractivity contribution < 1.29 is 0 Å². The van der Waals surface area contributed by atoms with E-state index in [1.54, 1.807) is 0 Å². The molecule has 0 bridgehead atoms. The minimum absolute atomic E-state index is 1.04. The van der Waals surface area contributed by atoms with Gasteiger partial charge in [0.05, 0.1) is 0 Å². The van der Waals surface area contributed by atoms with Crippen molar-refractivity contribution >= 4 is 14.0 Å². The first kappa shape index (κ1) is 14.9. The molecule has 3 rings (SSSR count). The summed E-state index contributed by atoms with van der Waals surface area (Å²) in [6.07, 6.45) is 0. The lowest BCUT2D eigenvalue weighted by molar-refractivity contribution is 1.65. The van der Waals surface area contributed by atoms with Crippen molar-refractivity contribution in [2.45, 2.75) is 0 Å². The van der Waals surface area contributed by atoms with Crippen LogP contribution in [0.15, 0.2) is 91.0 Å². The lowest BCUT2D eigenvalue weighted by Gasteiger charge is -2.01. The number of hydrogen-bond acceptors (Lipinski definition) is 0. The van der Waals surface area contributed by atoms with Crippen molar-refractivity contribution in [1.82, 2.24) is 0 Å². The molecule has 0 amide bonds. The normalized spacial score (nSPS) is 9.43. The molecule has 0 aliphatic rings. The molecule has 23 heavy (non-hydrogen) atoms. The van der Waals surface area contributed by atoms with E-state index in [0.717, 1.165) is 11.1 Å². The van der Waals surface area contributed by atoms with Crippen LogP contribution in [-0.4, -0.2) is 8.80 Å². The van der Waals surface area contributed by atoms with Crippen LogP contribution >= 0.6 is 0 Å². The maximum Gasteiger partial charge on any atom is 0.232 e. The van der Waals surface area contributed by atoms with Gasteiger partial charge in [-0.15, -0.1) is 11.1 Å². The molecule has 3 aromatic carbocycles. The molecule has 0 N–H and O–H groups in total. The molecule has 108 valence electrons. The Kier molecular flexibility index (Phi) is 5.09. The third-order valence-electron chi connectivity index (χ3n) is 3.40. The molecule has 0 spiro atoms. The summed E-state index contributed by atoms with van der Waals surface area (Å²) in [5.41, 5.74) is 8.96. The molecule has 0 saturated carbocycles. The van der Waals surface area contributed by atoms with E-state index >= 15 is 0 Å². The standard InChI is InChI=1S/C22H16Si/c1-4-10-20(11-5-1)16-18-23(22-14-8-3-9-15-22)19-17-21-12-6-2-7-13-21/h1-15,23H. The zero-order valence-electron chi connectivity index (χ0n) is 12.7. The van der Waals surface area contributed by atoms with Gasteiger partial charge in [0.2, 0.25) is 8.80 Å². The Morgan fingerprint density at radius 3 is 1.30 bits per heavy atom. The first-order valence-electron chi connectivity index (χ1n) is 7.60. The Morgan fingerprint density at radius 1 is 0.478 bits per heavy atom. The zero-order chi connectivity index (χ0) is 15.7. The van der Waals surface area contributed by atoms with Gasteiger partial charge in [-0.2, -0.15) is 0 Å². The van der Waals surface area contributed by atoms with Gasteiger partial charge in [-0.1, -0.05) is 78.6 Å². The lowest BCUT2D eigenvalue weighted by atomic mass is 10.2. The minimum Gasteiger partial charge on any atom is -0.109 e. The molecule has 0 unspecified atom stereocenters. The Balaban J connectivity index is 1.93. The molecule has 0 nitrogen and oxygen atoms in total. The average Bonchev–Trinajstić information content (AvgIpc) is 2.64. The Morgan fingerprint density at radius 2 is 0.870 bits per heavy atom. The monoisotopic (exact) mass is 308 g/mol. The largest absolute Gasteiger partial charge is 0.232 e. The summed E-state index contributed by atoms with van der Waals surface area (Å²) in [5.74, 6) is 6.58. The Hall–Kier alpha value is -3.00. The molecule has 0 atom stereocenters. The molecular weight excluding hydrogens is 292 g/mol. The predicted octanol–water partition coefficient (Wildman–Crippen LogP) is 3.30. The molecule has 3 aromatic rings. The van der Waals surface area contributed by atoms with Gasteiger partial charge in [0.1, 0.15) is 0 Å². The van der Waals surface area contributed by atoms with Crippen molar-refractivity contribution in [3.63, 3.8) is 0 Å². The molecule has 0 heterocycles. The number of benzene rings is 3. The van der Waals surface area contributed by atoms with Crippen LogP contribution in [-0.2, 0) is 0 Å². The highest BCUT2D eigenvalue weighted by Crippen LogP contribution is 1.97. The molecule has 0 aliphatic carbocycles. The van der Waals surface area contributed by atoms with Crippen LogP contribution < -0.4 is 5.19 Å². The summed E-state index contributed by atoms with van der Waals surface area (Å²) in [6.45, 7) is 0. The van der Waals surface area contributed by atoms with E-state index in [2.05, 4.69) is 47.2 Å². The summed E-state index contributed by atoms with van der Waals surface area (Å²) in [5, 5.41) is 1.26. The second kappa shape index (κ2) is 7.85. The molecule has 0 aliphatic heterocycles. The van der Waals surface area contributed by atoms with Crippen molar-refractivity contribution in [3.8, 4) is 22.9 Å². The maximum atomic E-state index is 3.44. The van der Waals surface area contributed by atoms with E-state index in [4.69, 9.17) is 0 Å². The summed E-state index contributed by atoms with van der Waals surface area (Å²) < 4.78 is 0. The van der Waals surface area contributed by atoms with Crippen molar-refractivity contribution in [2.24, 2.45) is 0 Å². The Bertz CT molecular complexity index is 803. The quantitative estimate of drug-likeness (QED) is 0.478. The van der Waals surface area contributed by atoms with Gasteiger partial charge in [-0.05, 0) is 29.5 Å². The summed E-state index contributed by atoms with van der Waals surface area (Å²) in [7, 11) is -1.65. The van der Waals surface area contributed by atoms with Crippen molar-refractivity contribution in [2.75, 3.05) is 0 Å². The van der Waals surface area contributed by atoms with Gasteiger partial charge in [0, 0.05) is 11.1 Å². The van der Waals surface area contributed by atoms with E-state index in [1.165, 1.54) is 5.19 Å². The second-order valence-corrected chi connectivity index (χ2v) is 7.22. The third kappa shape index (κ3) is 4.48. The van der Waals surface area contributed by atoms with Gasteiger partial charge in [-0.25, -0.2) is 0 Å². The van der Waals surface area contributed by atoms with Crippen LogP contribution in [0.25, 0.3) is 0 Å². The van der Waals surface area contributed by atoms with Gasteiger partial charge in [0.15, 0.2) is 0 Å². The van der Waals surface area contributed by atoms with Crippen molar-refractivity contribution in [3.05, 3.63) is 102 Å². The topological polar surface area (TPSA) is 0 Å². The van der Waals surface area contributed by atoms with Gasteiger partial charge in [-0.3, -0.25) is 0 Å². The fourth-order valence-corrected chi connectivity index (χ4v) is 3.84. The zero-order valence-corrected chi connectivity index (χ0v) is 13.9. The fourth-order valence-electron chi connectivity index (χ4n) is 2.20. The molecule has 0 saturated heterocycles. The highest BCUT2D eigenvalue weighted by atomic mass is 28.3. The smallest absolute Gasteiger partial charge is 0.109 e. The van der Waals surface area contributed by atoms with E-state index < -0.39 is 8.80 Å². The van der Waals surface area contributed by atoms with Crippen LogP contribution in [0.4, 0.5) is 0 Å². The van der Waals surface area contributed by atoms with E-state index in [-0.39, 0.29) is 0 Å². The predicted molar refractivity (Wildman–Crippen MR) is 99.9 cm³/mol. The first-order chi connectivity index (χ1) is 11.4. The third-order valence-corrected chi connectivity index (χ3v) is 5.32. The second-order valence-electron chi connectivity index (χ2n) is 5.11. The van der Waals surface area contributed by atoms with Crippen LogP contribution in [0, 0.1) is 22.9 Å².